The highest BCUT2D eigenvalue weighted by molar-refractivity contribution is 6.51. The minimum Gasteiger partial charge on any atom is -0.507 e. The molecule has 2 N–H and O–H groups in total. The van der Waals surface area contributed by atoms with Gasteiger partial charge in [0.25, 0.3) is 11.7 Å². The van der Waals surface area contributed by atoms with Gasteiger partial charge in [-0.25, -0.2) is 4.39 Å². The monoisotopic (exact) mass is 445 g/mol. The van der Waals surface area contributed by atoms with Crippen molar-refractivity contribution in [3.05, 3.63) is 106 Å². The Morgan fingerprint density at radius 2 is 1.64 bits per heavy atom. The normalized spacial score (nSPS) is 17.4. The van der Waals surface area contributed by atoms with Crippen LogP contribution in [-0.2, 0) is 20.8 Å². The molecule has 0 bridgehead atoms. The van der Waals surface area contributed by atoms with Gasteiger partial charge in [0.1, 0.15) is 11.6 Å². The van der Waals surface area contributed by atoms with E-state index in [0.29, 0.717) is 22.4 Å². The number of carboxylic acid groups (broad SMARTS) is 1. The summed E-state index contributed by atoms with van der Waals surface area (Å²) < 4.78 is 13.8. The van der Waals surface area contributed by atoms with Crippen molar-refractivity contribution in [3.63, 3.8) is 0 Å². The zero-order valence-electron chi connectivity index (χ0n) is 17.7. The molecule has 0 aliphatic carbocycles. The van der Waals surface area contributed by atoms with E-state index in [1.165, 1.54) is 30.0 Å². The summed E-state index contributed by atoms with van der Waals surface area (Å²) in [6.07, 6.45) is -0.175. The van der Waals surface area contributed by atoms with Crippen molar-refractivity contribution >= 4 is 29.1 Å². The standard InChI is InChI=1S/C26H20FNO5/c1-15-13-18(9-12-20(15)27)24(31)22-23(17-5-3-2-4-6-17)28(26(33)25(22)32)19-10-7-16(8-11-19)14-21(29)30/h2-13,23,31H,14H2,1H3,(H,29,30)/b24-22-. The van der Waals surface area contributed by atoms with Crippen LogP contribution in [-0.4, -0.2) is 27.9 Å². The molecule has 0 saturated carbocycles. The largest absolute Gasteiger partial charge is 0.507 e. The zero-order valence-corrected chi connectivity index (χ0v) is 17.7. The van der Waals surface area contributed by atoms with Crippen LogP contribution >= 0.6 is 0 Å². The van der Waals surface area contributed by atoms with Gasteiger partial charge in [0.05, 0.1) is 18.0 Å². The van der Waals surface area contributed by atoms with Crippen LogP contribution in [0.15, 0.2) is 78.4 Å². The molecule has 3 aromatic rings. The Balaban J connectivity index is 1.87. The lowest BCUT2D eigenvalue weighted by Gasteiger charge is -2.25. The third-order valence-corrected chi connectivity index (χ3v) is 5.56. The number of carboxylic acids is 1. The van der Waals surface area contributed by atoms with Crippen LogP contribution in [0.1, 0.15) is 28.3 Å². The Hall–Kier alpha value is -4.26. The average Bonchev–Trinajstić information content (AvgIpc) is 3.06. The Bertz CT molecular complexity index is 1280. The first-order chi connectivity index (χ1) is 15.8. The Labute approximate surface area is 189 Å². The van der Waals surface area contributed by atoms with Crippen LogP contribution in [0.4, 0.5) is 10.1 Å². The van der Waals surface area contributed by atoms with E-state index >= 15 is 0 Å². The number of Topliss-reactive ketones (excluding diaryl/α,β-unsaturated/α-hetero) is 1. The Morgan fingerprint density at radius 1 is 0.970 bits per heavy atom. The highest BCUT2D eigenvalue weighted by Crippen LogP contribution is 2.42. The summed E-state index contributed by atoms with van der Waals surface area (Å²) in [4.78, 5) is 38.4. The van der Waals surface area contributed by atoms with E-state index in [4.69, 9.17) is 5.11 Å². The first kappa shape index (κ1) is 22.0. The second-order valence-corrected chi connectivity index (χ2v) is 7.78. The van der Waals surface area contributed by atoms with Crippen LogP contribution in [0.5, 0.6) is 0 Å². The number of ketones is 1. The maximum absolute atomic E-state index is 13.8. The molecule has 4 rings (SSSR count). The molecule has 1 aliphatic rings. The Morgan fingerprint density at radius 3 is 2.24 bits per heavy atom. The van der Waals surface area contributed by atoms with E-state index < -0.39 is 35.3 Å². The second-order valence-electron chi connectivity index (χ2n) is 7.78. The van der Waals surface area contributed by atoms with Gasteiger partial charge in [0, 0.05) is 11.3 Å². The number of carbonyl (C=O) groups is 3. The lowest BCUT2D eigenvalue weighted by atomic mass is 9.94. The van der Waals surface area contributed by atoms with Gasteiger partial charge in [-0.1, -0.05) is 42.5 Å². The number of hydrogen-bond acceptors (Lipinski definition) is 4. The van der Waals surface area contributed by atoms with Gasteiger partial charge in [-0.2, -0.15) is 0 Å². The molecule has 7 heteroatoms. The molecule has 3 aromatic carbocycles. The van der Waals surface area contributed by atoms with Crippen molar-refractivity contribution in [2.45, 2.75) is 19.4 Å². The number of nitrogens with zero attached hydrogens (tertiary/aromatic N) is 1. The number of aliphatic carboxylic acids is 1. The van der Waals surface area contributed by atoms with Crippen molar-refractivity contribution in [2.75, 3.05) is 4.90 Å². The van der Waals surface area contributed by atoms with Gasteiger partial charge >= 0.3 is 5.97 Å². The van der Waals surface area contributed by atoms with Crippen LogP contribution in [0.3, 0.4) is 0 Å². The first-order valence-corrected chi connectivity index (χ1v) is 10.2. The van der Waals surface area contributed by atoms with E-state index in [1.807, 2.05) is 0 Å². The van der Waals surface area contributed by atoms with Crippen LogP contribution < -0.4 is 4.90 Å². The molecule has 1 fully saturated rings. The highest BCUT2D eigenvalue weighted by atomic mass is 19.1. The van der Waals surface area contributed by atoms with Gasteiger partial charge in [0.15, 0.2) is 0 Å². The molecule has 1 saturated heterocycles. The summed E-state index contributed by atoms with van der Waals surface area (Å²) in [5, 5.41) is 20.0. The number of benzene rings is 3. The van der Waals surface area contributed by atoms with Crippen molar-refractivity contribution in [1.29, 1.82) is 0 Å². The summed E-state index contributed by atoms with van der Waals surface area (Å²) in [6.45, 7) is 1.54. The van der Waals surface area contributed by atoms with E-state index in [9.17, 15) is 23.9 Å². The van der Waals surface area contributed by atoms with Gasteiger partial charge < -0.3 is 10.2 Å². The molecule has 0 spiro atoms. The number of rotatable bonds is 5. The Kier molecular flexibility index (Phi) is 5.79. The number of aryl methyl sites for hydroxylation is 1. The molecular weight excluding hydrogens is 425 g/mol. The third kappa shape index (κ3) is 4.13. The fraction of sp³-hybridized carbons (Fsp3) is 0.115. The molecule has 1 atom stereocenters. The lowest BCUT2D eigenvalue weighted by molar-refractivity contribution is -0.136. The molecule has 1 aliphatic heterocycles. The molecular formula is C26H20FNO5. The van der Waals surface area contributed by atoms with Gasteiger partial charge in [-0.15, -0.1) is 0 Å². The quantitative estimate of drug-likeness (QED) is 0.345. The summed E-state index contributed by atoms with van der Waals surface area (Å²) >= 11 is 0. The number of aliphatic hydroxyl groups is 1. The van der Waals surface area contributed by atoms with Crippen molar-refractivity contribution in [3.8, 4) is 0 Å². The topological polar surface area (TPSA) is 94.9 Å². The average molecular weight is 445 g/mol. The maximum atomic E-state index is 13.8. The maximum Gasteiger partial charge on any atom is 0.307 e. The summed E-state index contributed by atoms with van der Waals surface area (Å²) in [6, 6.07) is 18.1. The number of hydrogen-bond donors (Lipinski definition) is 2. The zero-order chi connectivity index (χ0) is 23.7. The predicted molar refractivity (Wildman–Crippen MR) is 120 cm³/mol. The number of amides is 1. The number of carbonyl (C=O) groups excluding carboxylic acids is 2. The van der Waals surface area contributed by atoms with E-state index in [-0.39, 0.29) is 17.6 Å². The van der Waals surface area contributed by atoms with Gasteiger partial charge in [0.2, 0.25) is 0 Å². The van der Waals surface area contributed by atoms with Crippen molar-refractivity contribution in [1.82, 2.24) is 0 Å². The molecule has 1 unspecified atom stereocenters. The molecule has 1 heterocycles. The summed E-state index contributed by atoms with van der Waals surface area (Å²) in [5.74, 6) is -3.52. The molecule has 0 aromatic heterocycles. The summed E-state index contributed by atoms with van der Waals surface area (Å²) in [5.41, 5.74) is 1.94. The molecule has 1 amide bonds. The number of halogens is 1. The van der Waals surface area contributed by atoms with Crippen molar-refractivity contribution < 1.29 is 29.0 Å². The fourth-order valence-corrected chi connectivity index (χ4v) is 3.95. The van der Waals surface area contributed by atoms with Gasteiger partial charge in [-0.3, -0.25) is 19.3 Å². The van der Waals surface area contributed by atoms with E-state index in [0.717, 1.165) is 0 Å². The van der Waals surface area contributed by atoms with Crippen LogP contribution in [0.25, 0.3) is 5.76 Å². The first-order valence-electron chi connectivity index (χ1n) is 10.2. The lowest BCUT2D eigenvalue weighted by Crippen LogP contribution is -2.29. The van der Waals surface area contributed by atoms with Crippen LogP contribution in [0.2, 0.25) is 0 Å². The fourth-order valence-electron chi connectivity index (χ4n) is 3.95. The van der Waals surface area contributed by atoms with Crippen LogP contribution in [0, 0.1) is 12.7 Å². The third-order valence-electron chi connectivity index (χ3n) is 5.56. The minimum atomic E-state index is -0.984. The summed E-state index contributed by atoms with van der Waals surface area (Å²) in [7, 11) is 0. The molecule has 166 valence electrons. The van der Waals surface area contributed by atoms with Gasteiger partial charge in [-0.05, 0) is 53.9 Å². The number of anilines is 1. The smallest absolute Gasteiger partial charge is 0.307 e. The predicted octanol–water partition coefficient (Wildman–Crippen LogP) is 4.39. The second kappa shape index (κ2) is 8.70. The molecule has 6 nitrogen and oxygen atoms in total. The SMILES string of the molecule is Cc1cc(/C(O)=C2/C(=O)C(=O)N(c3ccc(CC(=O)O)cc3)C2c2ccccc2)ccc1F. The molecule has 33 heavy (non-hydrogen) atoms. The van der Waals surface area contributed by atoms with E-state index in [2.05, 4.69) is 0 Å². The minimum absolute atomic E-state index is 0.105. The highest BCUT2D eigenvalue weighted by Gasteiger charge is 2.46. The molecule has 0 radical (unpaired) electrons. The number of aliphatic hydroxyl groups excluding tert-OH is 1. The van der Waals surface area contributed by atoms with Crippen molar-refractivity contribution in [2.24, 2.45) is 0 Å². The van der Waals surface area contributed by atoms with E-state index in [1.54, 1.807) is 54.6 Å².